The molecule has 5 nitrogen and oxygen atoms in total. The first-order valence-corrected chi connectivity index (χ1v) is 10.9. The monoisotopic (exact) mass is 475 g/mol. The number of nitrogens with zero attached hydrogens (tertiary/aromatic N) is 3. The van der Waals surface area contributed by atoms with Gasteiger partial charge in [-0.3, -0.25) is 4.79 Å². The number of halogens is 1. The second-order valence-corrected chi connectivity index (χ2v) is 8.16. The van der Waals surface area contributed by atoms with Crippen LogP contribution in [-0.4, -0.2) is 15.9 Å². The van der Waals surface area contributed by atoms with E-state index in [4.69, 9.17) is 4.74 Å². The summed E-state index contributed by atoms with van der Waals surface area (Å²) >= 11 is 3.41. The Kier molecular flexibility index (Phi) is 6.28. The van der Waals surface area contributed by atoms with Crippen molar-refractivity contribution in [1.82, 2.24) is 9.66 Å². The van der Waals surface area contributed by atoms with Gasteiger partial charge in [-0.05, 0) is 60.5 Å². The molecule has 0 aliphatic rings. The topological polar surface area (TPSA) is 56.5 Å². The number of benzene rings is 3. The third-order valence-corrected chi connectivity index (χ3v) is 5.41. The lowest BCUT2D eigenvalue weighted by atomic mass is 10.2. The van der Waals surface area contributed by atoms with E-state index in [-0.39, 0.29) is 5.56 Å². The Morgan fingerprint density at radius 1 is 1.06 bits per heavy atom. The first-order valence-electron chi connectivity index (χ1n) is 10.1. The van der Waals surface area contributed by atoms with E-state index in [9.17, 15) is 4.79 Å². The molecule has 31 heavy (non-hydrogen) atoms. The number of fused-ring (bicyclic) bond motifs is 1. The lowest BCUT2D eigenvalue weighted by Crippen LogP contribution is -2.22. The molecule has 0 spiro atoms. The van der Waals surface area contributed by atoms with Crippen molar-refractivity contribution in [2.24, 2.45) is 5.10 Å². The predicted molar refractivity (Wildman–Crippen MR) is 128 cm³/mol. The van der Waals surface area contributed by atoms with Crippen LogP contribution in [0.1, 0.15) is 29.4 Å². The minimum Gasteiger partial charge on any atom is -0.489 e. The Labute approximate surface area is 189 Å². The van der Waals surface area contributed by atoms with Gasteiger partial charge >= 0.3 is 0 Å². The van der Waals surface area contributed by atoms with E-state index < -0.39 is 0 Å². The van der Waals surface area contributed by atoms with Crippen molar-refractivity contribution in [3.05, 3.63) is 104 Å². The Balaban J connectivity index is 1.53. The molecule has 3 aromatic carbocycles. The maximum absolute atomic E-state index is 12.9. The molecular weight excluding hydrogens is 454 g/mol. The van der Waals surface area contributed by atoms with E-state index >= 15 is 0 Å². The average molecular weight is 476 g/mol. The van der Waals surface area contributed by atoms with Crippen molar-refractivity contribution < 1.29 is 4.74 Å². The highest BCUT2D eigenvalue weighted by Gasteiger charge is 2.09. The number of ether oxygens (including phenoxy) is 1. The number of aromatic nitrogens is 2. The second-order valence-electron chi connectivity index (χ2n) is 7.25. The smallest absolute Gasteiger partial charge is 0.282 e. The summed E-state index contributed by atoms with van der Waals surface area (Å²) in [5.41, 5.74) is 3.71. The molecule has 0 radical (unpaired) electrons. The molecule has 156 valence electrons. The molecule has 0 aliphatic carbocycles. The van der Waals surface area contributed by atoms with Crippen LogP contribution in [0.4, 0.5) is 0 Å². The van der Waals surface area contributed by atoms with Gasteiger partial charge in [0.15, 0.2) is 0 Å². The normalized spacial score (nSPS) is 11.3. The fourth-order valence-corrected chi connectivity index (χ4v) is 3.53. The highest BCUT2D eigenvalue weighted by atomic mass is 79.9. The van der Waals surface area contributed by atoms with Crippen molar-refractivity contribution in [3.8, 4) is 5.75 Å². The van der Waals surface area contributed by atoms with Gasteiger partial charge in [-0.1, -0.05) is 52.7 Å². The lowest BCUT2D eigenvalue weighted by molar-refractivity contribution is 0.306. The lowest BCUT2D eigenvalue weighted by Gasteiger charge is -2.08. The Morgan fingerprint density at radius 2 is 1.81 bits per heavy atom. The minimum atomic E-state index is -0.183. The number of hydrogen-bond acceptors (Lipinski definition) is 4. The fraction of sp³-hybridized carbons (Fsp3) is 0.160. The predicted octanol–water partition coefficient (Wildman–Crippen LogP) is 5.49. The van der Waals surface area contributed by atoms with Gasteiger partial charge in [-0.2, -0.15) is 9.78 Å². The maximum Gasteiger partial charge on any atom is 0.282 e. The Bertz CT molecular complexity index is 1290. The van der Waals surface area contributed by atoms with Crippen LogP contribution in [0.25, 0.3) is 10.9 Å². The largest absolute Gasteiger partial charge is 0.489 e. The summed E-state index contributed by atoms with van der Waals surface area (Å²) in [4.78, 5) is 17.5. The average Bonchev–Trinajstić information content (AvgIpc) is 2.79. The summed E-state index contributed by atoms with van der Waals surface area (Å²) in [6.45, 7) is 4.54. The quantitative estimate of drug-likeness (QED) is 0.346. The number of aryl methyl sites for hydroxylation is 2. The SMILES string of the molecule is CCc1nc2ccc(Br)cc2c(=O)n1N=Cc1ccc(OCc2ccc(C)cc2)cc1. The summed E-state index contributed by atoms with van der Waals surface area (Å²) < 4.78 is 8.06. The van der Waals surface area contributed by atoms with Crippen LogP contribution in [0, 0.1) is 6.92 Å². The van der Waals surface area contributed by atoms with Gasteiger partial charge < -0.3 is 4.74 Å². The molecule has 0 aliphatic heterocycles. The van der Waals surface area contributed by atoms with Crippen LogP contribution in [0.3, 0.4) is 0 Å². The molecule has 0 N–H and O–H groups in total. The molecule has 0 bridgehead atoms. The zero-order chi connectivity index (χ0) is 21.8. The second kappa shape index (κ2) is 9.27. The van der Waals surface area contributed by atoms with Gasteiger partial charge in [0, 0.05) is 10.9 Å². The van der Waals surface area contributed by atoms with Gasteiger partial charge in [-0.25, -0.2) is 4.98 Å². The van der Waals surface area contributed by atoms with Gasteiger partial charge in [0.05, 0.1) is 17.1 Å². The summed E-state index contributed by atoms with van der Waals surface area (Å²) in [6, 6.07) is 21.4. The molecule has 4 rings (SSSR count). The molecule has 4 aromatic rings. The van der Waals surface area contributed by atoms with Crippen LogP contribution in [0.2, 0.25) is 0 Å². The fourth-order valence-electron chi connectivity index (χ4n) is 3.17. The third kappa shape index (κ3) is 4.91. The van der Waals surface area contributed by atoms with E-state index in [2.05, 4.69) is 57.2 Å². The zero-order valence-corrected chi connectivity index (χ0v) is 19.0. The van der Waals surface area contributed by atoms with E-state index in [1.165, 1.54) is 10.2 Å². The molecule has 1 aromatic heterocycles. The molecule has 0 fully saturated rings. The standard InChI is InChI=1S/C25H22BrN3O2/c1-3-24-28-23-13-10-20(26)14-22(23)25(30)29(24)27-15-18-8-11-21(12-9-18)31-16-19-6-4-17(2)5-7-19/h4-15H,3,16H2,1-2H3. The number of rotatable bonds is 6. The molecule has 1 heterocycles. The van der Waals surface area contributed by atoms with Crippen LogP contribution >= 0.6 is 15.9 Å². The molecule has 0 atom stereocenters. The van der Waals surface area contributed by atoms with Crippen LogP contribution in [-0.2, 0) is 13.0 Å². The van der Waals surface area contributed by atoms with E-state index in [0.29, 0.717) is 29.8 Å². The first-order chi connectivity index (χ1) is 15.0. The van der Waals surface area contributed by atoms with E-state index in [0.717, 1.165) is 21.3 Å². The minimum absolute atomic E-state index is 0.183. The van der Waals surface area contributed by atoms with Crippen molar-refractivity contribution in [2.75, 3.05) is 0 Å². The molecule has 0 saturated carbocycles. The van der Waals surface area contributed by atoms with Crippen molar-refractivity contribution in [3.63, 3.8) is 0 Å². The summed E-state index contributed by atoms with van der Waals surface area (Å²) in [6.07, 6.45) is 2.26. The summed E-state index contributed by atoms with van der Waals surface area (Å²) in [7, 11) is 0. The molecule has 6 heteroatoms. The number of hydrogen-bond donors (Lipinski definition) is 0. The van der Waals surface area contributed by atoms with E-state index in [1.807, 2.05) is 43.3 Å². The third-order valence-electron chi connectivity index (χ3n) is 4.92. The Hall–Kier alpha value is -3.25. The Morgan fingerprint density at radius 3 is 2.52 bits per heavy atom. The van der Waals surface area contributed by atoms with Crippen LogP contribution < -0.4 is 10.3 Å². The van der Waals surface area contributed by atoms with Gasteiger partial charge in [-0.15, -0.1) is 0 Å². The van der Waals surface area contributed by atoms with Crippen LogP contribution in [0.5, 0.6) is 5.75 Å². The van der Waals surface area contributed by atoms with Gasteiger partial charge in [0.2, 0.25) is 0 Å². The molecule has 0 amide bonds. The zero-order valence-electron chi connectivity index (χ0n) is 17.4. The van der Waals surface area contributed by atoms with Crippen molar-refractivity contribution >= 4 is 33.0 Å². The summed E-state index contributed by atoms with van der Waals surface area (Å²) in [5, 5.41) is 4.95. The van der Waals surface area contributed by atoms with E-state index in [1.54, 1.807) is 12.3 Å². The molecular formula is C25H22BrN3O2. The van der Waals surface area contributed by atoms with Crippen LogP contribution in [0.15, 0.2) is 81.1 Å². The summed E-state index contributed by atoms with van der Waals surface area (Å²) in [5.74, 6) is 1.40. The van der Waals surface area contributed by atoms with Gasteiger partial charge in [0.25, 0.3) is 5.56 Å². The highest BCUT2D eigenvalue weighted by molar-refractivity contribution is 9.10. The molecule has 0 saturated heterocycles. The van der Waals surface area contributed by atoms with Crippen molar-refractivity contribution in [2.45, 2.75) is 26.9 Å². The highest BCUT2D eigenvalue weighted by Crippen LogP contribution is 2.17. The maximum atomic E-state index is 12.9. The molecule has 0 unspecified atom stereocenters. The first kappa shape index (κ1) is 21.0. The van der Waals surface area contributed by atoms with Gasteiger partial charge in [0.1, 0.15) is 18.2 Å². The van der Waals surface area contributed by atoms with Crippen molar-refractivity contribution in [1.29, 1.82) is 0 Å².